The van der Waals surface area contributed by atoms with Gasteiger partial charge in [0, 0.05) is 34.6 Å². The summed E-state index contributed by atoms with van der Waals surface area (Å²) in [4.78, 5) is 27.7. The minimum atomic E-state index is -0.445. The highest BCUT2D eigenvalue weighted by Gasteiger charge is 2.10. The number of hydrogen-bond acceptors (Lipinski definition) is 4. The van der Waals surface area contributed by atoms with Gasteiger partial charge < -0.3 is 14.5 Å². The van der Waals surface area contributed by atoms with Crippen LogP contribution in [0.1, 0.15) is 23.7 Å². The van der Waals surface area contributed by atoms with E-state index in [0.717, 1.165) is 5.56 Å². The molecule has 1 aromatic heterocycles. The average Bonchev–Trinajstić information content (AvgIpc) is 2.68. The highest BCUT2D eigenvalue weighted by atomic mass is 16.5. The number of pyridine rings is 1. The molecular weight excluding hydrogens is 342 g/mol. The highest BCUT2D eigenvalue weighted by molar-refractivity contribution is 5.94. The summed E-state index contributed by atoms with van der Waals surface area (Å²) in [6, 6.07) is 13.8. The zero-order chi connectivity index (χ0) is 19.2. The van der Waals surface area contributed by atoms with E-state index >= 15 is 0 Å². The van der Waals surface area contributed by atoms with Crippen LogP contribution in [0, 0.1) is 12.3 Å². The first-order valence-corrected chi connectivity index (χ1v) is 8.63. The molecule has 5 nitrogen and oxygen atoms in total. The van der Waals surface area contributed by atoms with Crippen molar-refractivity contribution in [2.75, 3.05) is 13.2 Å². The van der Waals surface area contributed by atoms with Crippen molar-refractivity contribution in [2.45, 2.75) is 13.3 Å². The molecular formula is C22H19NO4. The molecule has 0 aliphatic heterocycles. The first-order chi connectivity index (χ1) is 13.1. The van der Waals surface area contributed by atoms with Gasteiger partial charge in [0.05, 0.1) is 18.8 Å². The number of aromatic amines is 1. The van der Waals surface area contributed by atoms with Crippen LogP contribution in [0.25, 0.3) is 22.2 Å². The molecule has 0 radical (unpaired) electrons. The van der Waals surface area contributed by atoms with Crippen molar-refractivity contribution < 1.29 is 14.3 Å². The number of terminal acetylenes is 1. The third-order valence-corrected chi connectivity index (χ3v) is 4.00. The molecule has 0 fully saturated rings. The average molecular weight is 361 g/mol. The smallest absolute Gasteiger partial charge is 0.338 e. The second-order valence-corrected chi connectivity index (χ2v) is 5.86. The third kappa shape index (κ3) is 4.18. The van der Waals surface area contributed by atoms with Crippen molar-refractivity contribution in [3.05, 3.63) is 64.3 Å². The standard InChI is InChI=1S/C22H19NO4/c1-3-5-11-27-17-8-6-7-15(12-17)20-14-21(24)18-13-16(22(25)26-4-2)9-10-19(18)23-20/h1,6-10,12-14H,4-5,11H2,2H3,(H,23,24). The number of fused-ring (bicyclic) bond motifs is 1. The number of carbonyl (C=O) groups is 1. The maximum absolute atomic E-state index is 12.6. The summed E-state index contributed by atoms with van der Waals surface area (Å²) < 4.78 is 10.6. The molecule has 0 saturated heterocycles. The summed E-state index contributed by atoms with van der Waals surface area (Å²) in [6.07, 6.45) is 5.76. The van der Waals surface area contributed by atoms with Crippen LogP contribution in [0.15, 0.2) is 53.3 Å². The predicted molar refractivity (Wildman–Crippen MR) is 105 cm³/mol. The summed E-state index contributed by atoms with van der Waals surface area (Å²) in [5.74, 6) is 2.76. The van der Waals surface area contributed by atoms with E-state index in [1.54, 1.807) is 25.1 Å². The Morgan fingerprint density at radius 3 is 2.81 bits per heavy atom. The molecule has 1 heterocycles. The summed E-state index contributed by atoms with van der Waals surface area (Å²) in [6.45, 7) is 2.46. The minimum absolute atomic E-state index is 0.177. The quantitative estimate of drug-likeness (QED) is 0.412. The number of H-pyrrole nitrogens is 1. The second kappa shape index (κ2) is 8.24. The van der Waals surface area contributed by atoms with E-state index in [1.807, 2.05) is 24.3 Å². The summed E-state index contributed by atoms with van der Waals surface area (Å²) >= 11 is 0. The fourth-order valence-corrected chi connectivity index (χ4v) is 2.73. The Labute approximate surface area is 156 Å². The van der Waals surface area contributed by atoms with Crippen molar-refractivity contribution in [3.8, 4) is 29.4 Å². The summed E-state index contributed by atoms with van der Waals surface area (Å²) in [5.41, 5.74) is 2.31. The van der Waals surface area contributed by atoms with Crippen LogP contribution >= 0.6 is 0 Å². The van der Waals surface area contributed by atoms with Gasteiger partial charge in [-0.1, -0.05) is 12.1 Å². The molecule has 0 spiro atoms. The van der Waals surface area contributed by atoms with Crippen molar-refractivity contribution in [1.29, 1.82) is 0 Å². The maximum Gasteiger partial charge on any atom is 0.338 e. The van der Waals surface area contributed by atoms with E-state index in [0.29, 0.717) is 40.9 Å². The molecule has 0 saturated carbocycles. The van der Waals surface area contributed by atoms with Crippen LogP contribution in [-0.2, 0) is 4.74 Å². The molecule has 0 atom stereocenters. The van der Waals surface area contributed by atoms with Crippen LogP contribution in [0.2, 0.25) is 0 Å². The van der Waals surface area contributed by atoms with Gasteiger partial charge in [0.25, 0.3) is 0 Å². The number of aromatic nitrogens is 1. The lowest BCUT2D eigenvalue weighted by Gasteiger charge is -2.09. The van der Waals surface area contributed by atoms with Gasteiger partial charge in [-0.05, 0) is 37.3 Å². The van der Waals surface area contributed by atoms with Gasteiger partial charge in [0.2, 0.25) is 0 Å². The molecule has 1 N–H and O–H groups in total. The molecule has 5 heteroatoms. The van der Waals surface area contributed by atoms with Crippen LogP contribution in [0.5, 0.6) is 5.75 Å². The van der Waals surface area contributed by atoms with Crippen LogP contribution in [0.4, 0.5) is 0 Å². The zero-order valence-electron chi connectivity index (χ0n) is 15.0. The second-order valence-electron chi connectivity index (χ2n) is 5.86. The van der Waals surface area contributed by atoms with Gasteiger partial charge in [-0.25, -0.2) is 4.79 Å². The number of nitrogens with one attached hydrogen (secondary N) is 1. The highest BCUT2D eigenvalue weighted by Crippen LogP contribution is 2.23. The number of carbonyl (C=O) groups excluding carboxylic acids is 1. The number of ether oxygens (including phenoxy) is 2. The van der Waals surface area contributed by atoms with E-state index in [1.165, 1.54) is 6.07 Å². The summed E-state index contributed by atoms with van der Waals surface area (Å²) in [7, 11) is 0. The van der Waals surface area contributed by atoms with E-state index < -0.39 is 5.97 Å². The van der Waals surface area contributed by atoms with Crippen LogP contribution < -0.4 is 10.2 Å². The minimum Gasteiger partial charge on any atom is -0.493 e. The van der Waals surface area contributed by atoms with E-state index in [4.69, 9.17) is 15.9 Å². The SMILES string of the molecule is C#CCCOc1cccc(-c2cc(=O)c3cc(C(=O)OCC)ccc3[nH]2)c1. The van der Waals surface area contributed by atoms with Crippen molar-refractivity contribution in [2.24, 2.45) is 0 Å². The van der Waals surface area contributed by atoms with Gasteiger partial charge in [-0.3, -0.25) is 4.79 Å². The molecule has 0 bridgehead atoms. The van der Waals surface area contributed by atoms with Gasteiger partial charge in [-0.2, -0.15) is 0 Å². The molecule has 27 heavy (non-hydrogen) atoms. The normalized spacial score (nSPS) is 10.4. The fourth-order valence-electron chi connectivity index (χ4n) is 2.73. The van der Waals surface area contributed by atoms with Crippen molar-refractivity contribution >= 4 is 16.9 Å². The number of hydrogen-bond donors (Lipinski definition) is 1. The summed E-state index contributed by atoms with van der Waals surface area (Å²) in [5, 5.41) is 0.436. The molecule has 3 rings (SSSR count). The largest absolute Gasteiger partial charge is 0.493 e. The molecule has 2 aromatic carbocycles. The van der Waals surface area contributed by atoms with Crippen LogP contribution in [-0.4, -0.2) is 24.2 Å². The van der Waals surface area contributed by atoms with Crippen molar-refractivity contribution in [3.63, 3.8) is 0 Å². The van der Waals surface area contributed by atoms with Gasteiger partial charge in [-0.15, -0.1) is 12.3 Å². The molecule has 0 aliphatic rings. The van der Waals surface area contributed by atoms with E-state index in [-0.39, 0.29) is 12.0 Å². The Morgan fingerprint density at radius 1 is 1.19 bits per heavy atom. The van der Waals surface area contributed by atoms with Crippen LogP contribution in [0.3, 0.4) is 0 Å². The Bertz CT molecular complexity index is 1080. The Balaban J connectivity index is 1.96. The lowest BCUT2D eigenvalue weighted by molar-refractivity contribution is 0.0526. The lowest BCUT2D eigenvalue weighted by atomic mass is 10.1. The molecule has 0 aliphatic carbocycles. The van der Waals surface area contributed by atoms with Gasteiger partial charge in [0.15, 0.2) is 5.43 Å². The number of rotatable bonds is 6. The zero-order valence-corrected chi connectivity index (χ0v) is 15.0. The Hall–Kier alpha value is -3.52. The molecule has 3 aromatic rings. The fraction of sp³-hybridized carbons (Fsp3) is 0.182. The number of benzene rings is 2. The maximum atomic E-state index is 12.6. The first-order valence-electron chi connectivity index (χ1n) is 8.63. The van der Waals surface area contributed by atoms with Crippen molar-refractivity contribution in [1.82, 2.24) is 4.98 Å². The molecule has 0 amide bonds. The van der Waals surface area contributed by atoms with E-state index in [9.17, 15) is 9.59 Å². The Morgan fingerprint density at radius 2 is 2.04 bits per heavy atom. The molecule has 0 unspecified atom stereocenters. The topological polar surface area (TPSA) is 68.4 Å². The predicted octanol–water partition coefficient (Wildman–Crippen LogP) is 3.77. The first kappa shape index (κ1) is 18.3. The third-order valence-electron chi connectivity index (χ3n) is 4.00. The monoisotopic (exact) mass is 361 g/mol. The lowest BCUT2D eigenvalue weighted by Crippen LogP contribution is -2.08. The number of esters is 1. The Kier molecular flexibility index (Phi) is 5.58. The van der Waals surface area contributed by atoms with E-state index in [2.05, 4.69) is 10.9 Å². The molecule has 136 valence electrons. The van der Waals surface area contributed by atoms with Gasteiger partial charge in [0.1, 0.15) is 5.75 Å². The van der Waals surface area contributed by atoms with Gasteiger partial charge >= 0.3 is 5.97 Å².